The van der Waals surface area contributed by atoms with E-state index in [0.29, 0.717) is 0 Å². The lowest BCUT2D eigenvalue weighted by Crippen LogP contribution is -2.15. The van der Waals surface area contributed by atoms with E-state index >= 15 is 0 Å². The van der Waals surface area contributed by atoms with Crippen molar-refractivity contribution in [1.82, 2.24) is 0 Å². The van der Waals surface area contributed by atoms with Crippen molar-refractivity contribution in [2.45, 2.75) is 64.7 Å². The van der Waals surface area contributed by atoms with E-state index in [4.69, 9.17) is 0 Å². The second-order valence-corrected chi connectivity index (χ2v) is 17.1. The zero-order chi connectivity index (χ0) is 36.4. The minimum Gasteiger partial charge on any atom is -0.355 e. The molecule has 0 saturated heterocycles. The summed E-state index contributed by atoms with van der Waals surface area (Å²) in [5.74, 6) is 0. The normalized spacial score (nSPS) is 15.9. The minimum absolute atomic E-state index is 0.0587. The fourth-order valence-corrected chi connectivity index (χ4v) is 10.1. The average molecular weight is 684 g/mol. The Kier molecular flexibility index (Phi) is 6.61. The van der Waals surface area contributed by atoms with Gasteiger partial charge in [-0.05, 0) is 138 Å². The van der Waals surface area contributed by atoms with E-state index < -0.39 is 0 Å². The molecule has 3 aliphatic rings. The van der Waals surface area contributed by atoms with Crippen LogP contribution in [0.2, 0.25) is 0 Å². The molecule has 0 radical (unpaired) electrons. The Morgan fingerprint density at radius 2 is 0.679 bits per heavy atom. The smallest absolute Gasteiger partial charge is 0.0396 e. The van der Waals surface area contributed by atoms with E-state index in [-0.39, 0.29) is 16.2 Å². The molecule has 0 atom stereocenters. The van der Waals surface area contributed by atoms with E-state index in [2.05, 4.69) is 193 Å². The van der Waals surface area contributed by atoms with Gasteiger partial charge in [0.1, 0.15) is 0 Å². The van der Waals surface area contributed by atoms with Gasteiger partial charge in [-0.25, -0.2) is 0 Å². The standard InChI is InChI=1S/C52H45N/c1-31-42(32-20-23-39-36-14-8-11-17-44(36)50(2,3)47(39)26-32)28-35(53-34-22-25-41-38-16-10-13-19-46(38)52(6,7)49(41)30-34)29-43(31)33-21-24-40-37-15-9-12-18-45(37)51(4,5)48(40)27-33/h8-30,53H,1-7H3. The molecular weight excluding hydrogens is 639 g/mol. The second kappa shape index (κ2) is 10.9. The highest BCUT2D eigenvalue weighted by Gasteiger charge is 2.38. The molecule has 0 saturated carbocycles. The molecule has 0 spiro atoms. The Morgan fingerprint density at radius 3 is 1.11 bits per heavy atom. The summed E-state index contributed by atoms with van der Waals surface area (Å²) in [6.45, 7) is 16.5. The van der Waals surface area contributed by atoms with Crippen LogP contribution in [0.4, 0.5) is 11.4 Å². The van der Waals surface area contributed by atoms with Crippen LogP contribution in [-0.2, 0) is 16.2 Å². The number of hydrogen-bond donors (Lipinski definition) is 1. The van der Waals surface area contributed by atoms with Gasteiger partial charge in [-0.1, -0.05) is 145 Å². The van der Waals surface area contributed by atoms with Gasteiger partial charge in [-0.3, -0.25) is 0 Å². The Bertz CT molecular complexity index is 2550. The van der Waals surface area contributed by atoms with E-state index in [0.717, 1.165) is 11.4 Å². The van der Waals surface area contributed by atoms with E-state index in [1.807, 2.05) is 0 Å². The van der Waals surface area contributed by atoms with Gasteiger partial charge >= 0.3 is 0 Å². The molecule has 7 aromatic rings. The average Bonchev–Trinajstić information content (AvgIpc) is 3.64. The summed E-state index contributed by atoms with van der Waals surface area (Å²) in [5.41, 5.74) is 24.8. The maximum Gasteiger partial charge on any atom is 0.0396 e. The van der Waals surface area contributed by atoms with Gasteiger partial charge in [0, 0.05) is 27.6 Å². The molecule has 0 aliphatic heterocycles. The molecule has 0 unspecified atom stereocenters. The van der Waals surface area contributed by atoms with E-state index in [1.165, 1.54) is 94.6 Å². The Labute approximate surface area is 314 Å². The Balaban J connectivity index is 1.13. The van der Waals surface area contributed by atoms with Gasteiger partial charge in [0.2, 0.25) is 0 Å². The predicted molar refractivity (Wildman–Crippen MR) is 224 cm³/mol. The van der Waals surface area contributed by atoms with Crippen LogP contribution in [-0.4, -0.2) is 0 Å². The highest BCUT2D eigenvalue weighted by Crippen LogP contribution is 2.53. The first kappa shape index (κ1) is 32.0. The van der Waals surface area contributed by atoms with Crippen LogP contribution in [0.1, 0.15) is 80.5 Å². The maximum absolute atomic E-state index is 3.91. The summed E-state index contributed by atoms with van der Waals surface area (Å²) >= 11 is 0. The molecule has 0 fully saturated rings. The summed E-state index contributed by atoms with van der Waals surface area (Å²) < 4.78 is 0. The third kappa shape index (κ3) is 4.50. The first-order valence-electron chi connectivity index (χ1n) is 19.1. The summed E-state index contributed by atoms with van der Waals surface area (Å²) in [6.07, 6.45) is 0. The van der Waals surface area contributed by atoms with Crippen molar-refractivity contribution in [2.75, 3.05) is 5.32 Å². The van der Waals surface area contributed by atoms with Crippen LogP contribution in [0, 0.1) is 6.92 Å². The third-order valence-corrected chi connectivity index (χ3v) is 13.1. The SMILES string of the molecule is Cc1c(-c2ccc3c(c2)C(C)(C)c2ccccc2-3)cc(Nc2ccc3c(c2)C(C)(C)c2ccccc2-3)cc1-c1ccc2c(c1)C(C)(C)c1ccccc1-2. The van der Waals surface area contributed by atoms with Gasteiger partial charge in [-0.15, -0.1) is 0 Å². The maximum atomic E-state index is 3.91. The molecule has 1 N–H and O–H groups in total. The molecule has 1 heteroatoms. The number of anilines is 2. The van der Waals surface area contributed by atoms with Crippen molar-refractivity contribution in [3.8, 4) is 55.6 Å². The lowest BCUT2D eigenvalue weighted by atomic mass is 9.80. The number of nitrogens with one attached hydrogen (secondary N) is 1. The molecule has 0 aromatic heterocycles. The second-order valence-electron chi connectivity index (χ2n) is 17.1. The number of benzene rings is 7. The number of hydrogen-bond acceptors (Lipinski definition) is 1. The molecular formula is C52H45N. The Morgan fingerprint density at radius 1 is 0.321 bits per heavy atom. The molecule has 258 valence electrons. The molecule has 0 heterocycles. The summed E-state index contributed by atoms with van der Waals surface area (Å²) in [4.78, 5) is 0. The van der Waals surface area contributed by atoms with Gasteiger partial charge in [0.25, 0.3) is 0 Å². The fraction of sp³-hybridized carbons (Fsp3) is 0.192. The van der Waals surface area contributed by atoms with Crippen molar-refractivity contribution >= 4 is 11.4 Å². The quantitative estimate of drug-likeness (QED) is 0.195. The van der Waals surface area contributed by atoms with E-state index in [9.17, 15) is 0 Å². The summed E-state index contributed by atoms with van der Waals surface area (Å²) in [5, 5.41) is 3.91. The number of fused-ring (bicyclic) bond motifs is 9. The van der Waals surface area contributed by atoms with Crippen molar-refractivity contribution in [3.63, 3.8) is 0 Å². The molecule has 7 aromatic carbocycles. The van der Waals surface area contributed by atoms with Crippen molar-refractivity contribution in [3.05, 3.63) is 178 Å². The van der Waals surface area contributed by atoms with Crippen LogP contribution in [0.5, 0.6) is 0 Å². The topological polar surface area (TPSA) is 12.0 Å². The molecule has 53 heavy (non-hydrogen) atoms. The van der Waals surface area contributed by atoms with Gasteiger partial charge in [0.05, 0.1) is 0 Å². The zero-order valence-corrected chi connectivity index (χ0v) is 31.8. The van der Waals surface area contributed by atoms with Crippen molar-refractivity contribution in [1.29, 1.82) is 0 Å². The zero-order valence-electron chi connectivity index (χ0n) is 31.8. The number of rotatable bonds is 4. The van der Waals surface area contributed by atoms with Crippen LogP contribution in [0.15, 0.2) is 140 Å². The Hall–Kier alpha value is -5.66. The predicted octanol–water partition coefficient (Wildman–Crippen LogP) is 14.0. The van der Waals surface area contributed by atoms with Crippen LogP contribution >= 0.6 is 0 Å². The first-order chi connectivity index (χ1) is 25.4. The molecule has 0 bridgehead atoms. The monoisotopic (exact) mass is 683 g/mol. The van der Waals surface area contributed by atoms with Crippen LogP contribution < -0.4 is 5.32 Å². The van der Waals surface area contributed by atoms with Crippen molar-refractivity contribution < 1.29 is 0 Å². The lowest BCUT2D eigenvalue weighted by Gasteiger charge is -2.24. The van der Waals surface area contributed by atoms with Crippen molar-refractivity contribution in [2.24, 2.45) is 0 Å². The minimum atomic E-state index is -0.0656. The van der Waals surface area contributed by atoms with Gasteiger partial charge in [0.15, 0.2) is 0 Å². The molecule has 1 nitrogen and oxygen atoms in total. The first-order valence-corrected chi connectivity index (χ1v) is 19.1. The third-order valence-electron chi connectivity index (χ3n) is 13.1. The lowest BCUT2D eigenvalue weighted by molar-refractivity contribution is 0.660. The molecule has 10 rings (SSSR count). The summed E-state index contributed by atoms with van der Waals surface area (Å²) in [6, 6.07) is 52.7. The largest absolute Gasteiger partial charge is 0.355 e. The van der Waals surface area contributed by atoms with Crippen LogP contribution in [0.25, 0.3) is 55.6 Å². The van der Waals surface area contributed by atoms with E-state index in [1.54, 1.807) is 0 Å². The highest BCUT2D eigenvalue weighted by molar-refractivity contribution is 5.90. The van der Waals surface area contributed by atoms with Gasteiger partial charge in [-0.2, -0.15) is 0 Å². The molecule has 0 amide bonds. The van der Waals surface area contributed by atoms with Crippen LogP contribution in [0.3, 0.4) is 0 Å². The molecule has 3 aliphatic carbocycles. The summed E-state index contributed by atoms with van der Waals surface area (Å²) in [7, 11) is 0. The van der Waals surface area contributed by atoms with Gasteiger partial charge < -0.3 is 5.32 Å². The highest BCUT2D eigenvalue weighted by atomic mass is 14.9. The fourth-order valence-electron chi connectivity index (χ4n) is 10.1.